The molecule has 0 saturated carbocycles. The minimum absolute atomic E-state index is 0.202. The van der Waals surface area contributed by atoms with Crippen LogP contribution in [0, 0.1) is 27.7 Å². The number of benzene rings is 1. The zero-order chi connectivity index (χ0) is 14.0. The summed E-state index contributed by atoms with van der Waals surface area (Å²) >= 11 is 0. The molecule has 0 aliphatic heterocycles. The fraction of sp³-hybridized carbons (Fsp3) is 0.353. The Bertz CT molecular complexity index is 588. The first-order chi connectivity index (χ1) is 9.04. The quantitative estimate of drug-likeness (QED) is 0.905. The van der Waals surface area contributed by atoms with Crippen LogP contribution < -0.4 is 5.32 Å². The van der Waals surface area contributed by atoms with Gasteiger partial charge in [0.25, 0.3) is 0 Å². The molecule has 0 radical (unpaired) electrons. The molecular weight excluding hydrogens is 232 g/mol. The summed E-state index contributed by atoms with van der Waals surface area (Å²) in [5.74, 6) is 0. The highest BCUT2D eigenvalue weighted by molar-refractivity contribution is 5.43. The number of hydrogen-bond donors (Lipinski definition) is 1. The second kappa shape index (κ2) is 5.54. The van der Waals surface area contributed by atoms with Crippen LogP contribution in [0.4, 0.5) is 0 Å². The average Bonchev–Trinajstić information content (AvgIpc) is 2.38. The van der Waals surface area contributed by atoms with E-state index in [1.807, 2.05) is 19.3 Å². The third kappa shape index (κ3) is 2.69. The van der Waals surface area contributed by atoms with Crippen molar-refractivity contribution >= 4 is 0 Å². The van der Waals surface area contributed by atoms with E-state index in [-0.39, 0.29) is 6.04 Å². The molecule has 0 saturated heterocycles. The van der Waals surface area contributed by atoms with Gasteiger partial charge in [-0.05, 0) is 68.6 Å². The molecule has 1 aromatic carbocycles. The topological polar surface area (TPSA) is 24.9 Å². The Morgan fingerprint density at radius 3 is 2.26 bits per heavy atom. The van der Waals surface area contributed by atoms with Crippen molar-refractivity contribution in [2.45, 2.75) is 33.7 Å². The van der Waals surface area contributed by atoms with Gasteiger partial charge < -0.3 is 5.32 Å². The summed E-state index contributed by atoms with van der Waals surface area (Å²) < 4.78 is 0. The molecule has 0 spiro atoms. The van der Waals surface area contributed by atoms with Gasteiger partial charge in [0, 0.05) is 11.9 Å². The van der Waals surface area contributed by atoms with Crippen LogP contribution >= 0.6 is 0 Å². The van der Waals surface area contributed by atoms with Crippen LogP contribution in [0.15, 0.2) is 30.5 Å². The van der Waals surface area contributed by atoms with Crippen LogP contribution in [0.5, 0.6) is 0 Å². The Hall–Kier alpha value is -1.67. The maximum absolute atomic E-state index is 4.40. The number of pyridine rings is 1. The van der Waals surface area contributed by atoms with Crippen LogP contribution in [0.3, 0.4) is 0 Å². The molecule has 2 nitrogen and oxygen atoms in total. The highest BCUT2D eigenvalue weighted by atomic mass is 14.9. The summed E-state index contributed by atoms with van der Waals surface area (Å²) in [6, 6.07) is 8.91. The van der Waals surface area contributed by atoms with Gasteiger partial charge in [-0.3, -0.25) is 4.98 Å². The highest BCUT2D eigenvalue weighted by Gasteiger charge is 2.17. The summed E-state index contributed by atoms with van der Waals surface area (Å²) in [6.45, 7) is 8.57. The molecule has 2 aromatic rings. The van der Waals surface area contributed by atoms with Crippen molar-refractivity contribution in [3.63, 3.8) is 0 Å². The van der Waals surface area contributed by atoms with E-state index in [1.165, 1.54) is 27.8 Å². The Balaban J connectivity index is 2.55. The number of rotatable bonds is 3. The van der Waals surface area contributed by atoms with E-state index in [0.717, 1.165) is 5.69 Å². The molecule has 0 aliphatic rings. The fourth-order valence-corrected chi connectivity index (χ4v) is 2.57. The third-order valence-corrected chi connectivity index (χ3v) is 3.84. The van der Waals surface area contributed by atoms with E-state index < -0.39 is 0 Å². The van der Waals surface area contributed by atoms with Gasteiger partial charge in [-0.25, -0.2) is 0 Å². The zero-order valence-electron chi connectivity index (χ0n) is 12.4. The van der Waals surface area contributed by atoms with Gasteiger partial charge in [0.15, 0.2) is 0 Å². The van der Waals surface area contributed by atoms with Crippen molar-refractivity contribution in [1.29, 1.82) is 0 Å². The molecule has 19 heavy (non-hydrogen) atoms. The molecule has 100 valence electrons. The number of nitrogens with zero attached hydrogens (tertiary/aromatic N) is 1. The molecule has 1 aromatic heterocycles. The molecule has 0 fully saturated rings. The van der Waals surface area contributed by atoms with Crippen LogP contribution in [-0.2, 0) is 0 Å². The van der Waals surface area contributed by atoms with Gasteiger partial charge in [-0.1, -0.05) is 18.2 Å². The largest absolute Gasteiger partial charge is 0.309 e. The Kier molecular flexibility index (Phi) is 4.01. The maximum Gasteiger partial charge on any atom is 0.0594 e. The standard InChI is InChI=1S/C17H22N2/c1-11-9-13(3)16(10-12(11)2)17(18-5)15-7-6-8-19-14(15)4/h6-10,17-18H,1-5H3. The SMILES string of the molecule is CNC(c1cc(C)c(C)cc1C)c1cccnc1C. The van der Waals surface area contributed by atoms with Crippen molar-refractivity contribution in [1.82, 2.24) is 10.3 Å². The van der Waals surface area contributed by atoms with Gasteiger partial charge in [0.2, 0.25) is 0 Å². The number of aromatic nitrogens is 1. The lowest BCUT2D eigenvalue weighted by Crippen LogP contribution is -2.20. The van der Waals surface area contributed by atoms with E-state index in [0.29, 0.717) is 0 Å². The molecule has 2 heteroatoms. The Morgan fingerprint density at radius 2 is 1.63 bits per heavy atom. The van der Waals surface area contributed by atoms with Crippen LogP contribution in [0.1, 0.15) is 39.6 Å². The third-order valence-electron chi connectivity index (χ3n) is 3.84. The van der Waals surface area contributed by atoms with E-state index >= 15 is 0 Å². The molecule has 2 rings (SSSR count). The number of hydrogen-bond acceptors (Lipinski definition) is 2. The number of aryl methyl sites for hydroxylation is 4. The smallest absolute Gasteiger partial charge is 0.0594 e. The maximum atomic E-state index is 4.40. The first-order valence-corrected chi connectivity index (χ1v) is 6.71. The van der Waals surface area contributed by atoms with E-state index in [1.54, 1.807) is 0 Å². The Morgan fingerprint density at radius 1 is 0.947 bits per heavy atom. The average molecular weight is 254 g/mol. The Labute approximate surface area is 115 Å². The molecule has 1 atom stereocenters. The zero-order valence-corrected chi connectivity index (χ0v) is 12.4. The van der Waals surface area contributed by atoms with Gasteiger partial charge in [-0.2, -0.15) is 0 Å². The summed E-state index contributed by atoms with van der Waals surface area (Å²) in [6.07, 6.45) is 1.85. The van der Waals surface area contributed by atoms with Gasteiger partial charge >= 0.3 is 0 Å². The van der Waals surface area contributed by atoms with Crippen LogP contribution in [0.2, 0.25) is 0 Å². The number of nitrogens with one attached hydrogen (secondary N) is 1. The summed E-state index contributed by atoms with van der Waals surface area (Å²) in [4.78, 5) is 4.40. The van der Waals surface area contributed by atoms with Gasteiger partial charge in [-0.15, -0.1) is 0 Å². The molecule has 0 aliphatic carbocycles. The van der Waals surface area contributed by atoms with Crippen molar-refractivity contribution in [3.05, 3.63) is 64.0 Å². The van der Waals surface area contributed by atoms with Gasteiger partial charge in [0.05, 0.1) is 6.04 Å². The molecule has 0 bridgehead atoms. The minimum atomic E-state index is 0.202. The molecule has 1 N–H and O–H groups in total. The first kappa shape index (κ1) is 13.8. The lowest BCUT2D eigenvalue weighted by molar-refractivity contribution is 0.678. The van der Waals surface area contributed by atoms with Gasteiger partial charge in [0.1, 0.15) is 0 Å². The van der Waals surface area contributed by atoms with Crippen molar-refractivity contribution in [3.8, 4) is 0 Å². The lowest BCUT2D eigenvalue weighted by Gasteiger charge is -2.22. The molecule has 0 amide bonds. The molecule has 1 heterocycles. The molecular formula is C17H22N2. The predicted molar refractivity (Wildman–Crippen MR) is 80.5 cm³/mol. The molecule has 1 unspecified atom stereocenters. The monoisotopic (exact) mass is 254 g/mol. The summed E-state index contributed by atoms with van der Waals surface area (Å²) in [5, 5.41) is 3.42. The van der Waals surface area contributed by atoms with Crippen LogP contribution in [-0.4, -0.2) is 12.0 Å². The lowest BCUT2D eigenvalue weighted by atomic mass is 9.91. The summed E-state index contributed by atoms with van der Waals surface area (Å²) in [5.41, 5.74) is 7.67. The van der Waals surface area contributed by atoms with E-state index in [4.69, 9.17) is 0 Å². The minimum Gasteiger partial charge on any atom is -0.309 e. The normalized spacial score (nSPS) is 12.5. The summed E-state index contributed by atoms with van der Waals surface area (Å²) in [7, 11) is 2.01. The highest BCUT2D eigenvalue weighted by Crippen LogP contribution is 2.28. The van der Waals surface area contributed by atoms with E-state index in [9.17, 15) is 0 Å². The second-order valence-corrected chi connectivity index (χ2v) is 5.19. The first-order valence-electron chi connectivity index (χ1n) is 6.71. The second-order valence-electron chi connectivity index (χ2n) is 5.19. The predicted octanol–water partition coefficient (Wildman–Crippen LogP) is 3.62. The van der Waals surface area contributed by atoms with Crippen molar-refractivity contribution < 1.29 is 0 Å². The van der Waals surface area contributed by atoms with E-state index in [2.05, 4.69) is 56.2 Å². The fourth-order valence-electron chi connectivity index (χ4n) is 2.57. The van der Waals surface area contributed by atoms with Crippen LogP contribution in [0.25, 0.3) is 0 Å². The van der Waals surface area contributed by atoms with Crippen molar-refractivity contribution in [2.24, 2.45) is 0 Å². The van der Waals surface area contributed by atoms with Crippen molar-refractivity contribution in [2.75, 3.05) is 7.05 Å².